The Morgan fingerprint density at radius 3 is 1.89 bits per heavy atom. The van der Waals surface area contributed by atoms with E-state index in [1.807, 2.05) is 42.6 Å². The van der Waals surface area contributed by atoms with E-state index in [1.54, 1.807) is 0 Å². The van der Waals surface area contributed by atoms with Crippen LogP contribution in [0.25, 0.3) is 106 Å². The van der Waals surface area contributed by atoms with Gasteiger partial charge in [0.1, 0.15) is 5.82 Å². The van der Waals surface area contributed by atoms with Crippen molar-refractivity contribution in [2.24, 2.45) is 0 Å². The Morgan fingerprint density at radius 1 is 0.514 bits per heavy atom. The predicted molar refractivity (Wildman–Crippen MR) is 298 cm³/mol. The Kier molecular flexibility index (Phi) is 10.1. The SMILES string of the molecule is [2H]c1c([2H])c([2H])c(-c2ccc3c(c2)c2ccc(Oc4[c-]c(-n5[c-][n+]6c7c(cccc75)-c5ccccc5-c5ccccc5-c5cccc(-c7ccccc7)c5-6)cc(C(C)(C)C)c4)[c-]c2n3-c2cc(C(C)(C)C)ccn2)c([2H])c1[2H].[Pt]. The summed E-state index contributed by atoms with van der Waals surface area (Å²) in [5.41, 5.74) is 16.4. The molecule has 0 atom stereocenters. The van der Waals surface area contributed by atoms with Crippen molar-refractivity contribution in [2.45, 2.75) is 52.4 Å². The second kappa shape index (κ2) is 18.1. The van der Waals surface area contributed by atoms with Crippen LogP contribution < -0.4 is 9.30 Å². The average molecular weight is 1140 g/mol. The first-order valence-corrected chi connectivity index (χ1v) is 24.7. The topological polar surface area (TPSA) is 35.9 Å². The van der Waals surface area contributed by atoms with Gasteiger partial charge in [0.25, 0.3) is 6.33 Å². The second-order valence-electron chi connectivity index (χ2n) is 20.9. The number of para-hydroxylation sites is 2. The summed E-state index contributed by atoms with van der Waals surface area (Å²) in [4.78, 5) is 4.91. The van der Waals surface area contributed by atoms with Crippen LogP contribution in [0.2, 0.25) is 0 Å². The Labute approximate surface area is 454 Å². The van der Waals surface area contributed by atoms with Crippen molar-refractivity contribution in [1.82, 2.24) is 14.1 Å². The normalized spacial score (nSPS) is 13.0. The van der Waals surface area contributed by atoms with Crippen LogP contribution >= 0.6 is 0 Å². The summed E-state index contributed by atoms with van der Waals surface area (Å²) >= 11 is 0. The molecular formula is C68H52N4OPt-2. The maximum atomic E-state index is 8.81. The van der Waals surface area contributed by atoms with Gasteiger partial charge in [-0.2, -0.15) is 17.7 Å². The third-order valence-electron chi connectivity index (χ3n) is 14.2. The number of aromatic nitrogens is 4. The fraction of sp³-hybridized carbons (Fsp3) is 0.118. The first-order chi connectivity index (χ1) is 37.5. The van der Waals surface area contributed by atoms with Gasteiger partial charge in [-0.3, -0.25) is 4.57 Å². The van der Waals surface area contributed by atoms with Gasteiger partial charge in [-0.05, 0) is 101 Å². The Hall–Kier alpha value is -8.11. The van der Waals surface area contributed by atoms with Gasteiger partial charge in [-0.15, -0.1) is 29.7 Å². The molecule has 0 saturated carbocycles. The van der Waals surface area contributed by atoms with E-state index in [0.29, 0.717) is 28.4 Å². The molecule has 1 aliphatic heterocycles. The van der Waals surface area contributed by atoms with Crippen LogP contribution in [0.4, 0.5) is 0 Å². The molecular weight excluding hydrogens is 1080 g/mol. The molecule has 0 aliphatic carbocycles. The fourth-order valence-electron chi connectivity index (χ4n) is 10.5. The first-order valence-electron chi connectivity index (χ1n) is 27.2. The smallest absolute Gasteiger partial charge is 0.268 e. The van der Waals surface area contributed by atoms with E-state index < -0.39 is 6.04 Å². The first kappa shape index (κ1) is 41.4. The van der Waals surface area contributed by atoms with Crippen LogP contribution in [0.5, 0.6) is 11.5 Å². The number of hydrogen-bond acceptors (Lipinski definition) is 2. The van der Waals surface area contributed by atoms with Gasteiger partial charge >= 0.3 is 0 Å². The number of fused-ring (bicyclic) bond motifs is 10. The standard InChI is InChI=1S/C68H52N4O.Pt/c1-67(2,3)47-35-36-69-64(40-47)72-61-34-31-46(44-19-9-7-10-20-44)37-60(61)57-33-32-50(42-63(57)72)73-51-39-48(68(4,5)6)38-49(41-51)70-43-71-65-52(45-21-11-8-12-22-45)27-17-28-58(65)55-25-15-13-23-53(55)54-24-14-16-26-56(54)59-29-18-30-62(70)66(59)71;/h7-40H,1-6H3;/q-2;/i7D,9D,10D,19D,20D;. The minimum atomic E-state index is -0.431. The van der Waals surface area contributed by atoms with Crippen LogP contribution in [0.3, 0.4) is 0 Å². The molecule has 0 fully saturated rings. The molecule has 1 aliphatic rings. The summed E-state index contributed by atoms with van der Waals surface area (Å²) in [6.45, 7) is 13.1. The molecule has 3 aromatic heterocycles. The predicted octanol–water partition coefficient (Wildman–Crippen LogP) is 16.8. The molecule has 362 valence electrons. The van der Waals surface area contributed by atoms with Gasteiger partial charge in [0, 0.05) is 44.3 Å². The third-order valence-corrected chi connectivity index (χ3v) is 14.2. The fourth-order valence-corrected chi connectivity index (χ4v) is 10.5. The van der Waals surface area contributed by atoms with E-state index in [-0.39, 0.29) is 61.6 Å². The van der Waals surface area contributed by atoms with Crippen molar-refractivity contribution in [3.8, 4) is 84.3 Å². The number of imidazole rings is 1. The average Bonchev–Trinajstić information content (AvgIpc) is 4.24. The Bertz CT molecular complexity index is 4430. The summed E-state index contributed by atoms with van der Waals surface area (Å²) in [6, 6.07) is 64.6. The summed E-state index contributed by atoms with van der Waals surface area (Å²) in [5, 5.41) is 1.62. The van der Waals surface area contributed by atoms with E-state index in [2.05, 4.69) is 207 Å². The second-order valence-corrected chi connectivity index (χ2v) is 20.9. The number of pyridine rings is 1. The maximum absolute atomic E-state index is 8.81. The zero-order chi connectivity index (χ0) is 53.9. The molecule has 0 saturated heterocycles. The molecule has 5 nitrogen and oxygen atoms in total. The molecule has 4 heterocycles. The summed E-state index contributed by atoms with van der Waals surface area (Å²) in [6.07, 6.45) is 5.75. The number of benzene rings is 9. The van der Waals surface area contributed by atoms with Crippen LogP contribution in [0.15, 0.2) is 206 Å². The van der Waals surface area contributed by atoms with Crippen molar-refractivity contribution in [3.05, 3.63) is 236 Å². The van der Waals surface area contributed by atoms with Gasteiger partial charge in [0.05, 0.1) is 23.6 Å². The van der Waals surface area contributed by atoms with E-state index in [1.165, 1.54) is 0 Å². The molecule has 6 heteroatoms. The Balaban J connectivity index is 0.00000623. The summed E-state index contributed by atoms with van der Waals surface area (Å²) in [5.74, 6) is 1.63. The third kappa shape index (κ3) is 7.98. The summed E-state index contributed by atoms with van der Waals surface area (Å²) < 4.78 is 56.2. The molecule has 0 bridgehead atoms. The van der Waals surface area contributed by atoms with Crippen molar-refractivity contribution in [3.63, 3.8) is 0 Å². The van der Waals surface area contributed by atoms with Crippen LogP contribution in [0, 0.1) is 18.5 Å². The number of hydrogen-bond donors (Lipinski definition) is 0. The van der Waals surface area contributed by atoms with Crippen molar-refractivity contribution in [2.75, 3.05) is 0 Å². The van der Waals surface area contributed by atoms with E-state index in [0.717, 1.165) is 94.3 Å². The molecule has 0 spiro atoms. The van der Waals surface area contributed by atoms with Crippen molar-refractivity contribution >= 4 is 32.8 Å². The zero-order valence-electron chi connectivity index (χ0n) is 46.8. The van der Waals surface area contributed by atoms with E-state index >= 15 is 0 Å². The van der Waals surface area contributed by atoms with Gasteiger partial charge in [-0.25, -0.2) is 4.98 Å². The minimum absolute atomic E-state index is 0. The molecule has 12 aromatic rings. The molecule has 74 heavy (non-hydrogen) atoms. The van der Waals surface area contributed by atoms with Crippen molar-refractivity contribution in [1.29, 1.82) is 0 Å². The van der Waals surface area contributed by atoms with Gasteiger partial charge in [0.15, 0.2) is 0 Å². The minimum Gasteiger partial charge on any atom is -0.510 e. The monoisotopic (exact) mass is 1140 g/mol. The van der Waals surface area contributed by atoms with Crippen LogP contribution in [-0.2, 0) is 31.9 Å². The molecule has 0 N–H and O–H groups in total. The van der Waals surface area contributed by atoms with Gasteiger partial charge in [0.2, 0.25) is 0 Å². The largest absolute Gasteiger partial charge is 0.510 e. The van der Waals surface area contributed by atoms with E-state index in [4.69, 9.17) is 16.6 Å². The van der Waals surface area contributed by atoms with Crippen LogP contribution in [0.1, 0.15) is 59.5 Å². The Morgan fingerprint density at radius 2 is 1.16 bits per heavy atom. The molecule has 0 unspecified atom stereocenters. The number of ether oxygens (including phenoxy) is 1. The molecule has 0 amide bonds. The summed E-state index contributed by atoms with van der Waals surface area (Å²) in [7, 11) is 0. The molecule has 13 rings (SSSR count). The van der Waals surface area contributed by atoms with Crippen molar-refractivity contribution < 1.29 is 37.2 Å². The van der Waals surface area contributed by atoms with Crippen LogP contribution in [-0.4, -0.2) is 14.1 Å². The molecule has 9 aromatic carbocycles. The molecule has 0 radical (unpaired) electrons. The zero-order valence-corrected chi connectivity index (χ0v) is 44.0. The quantitative estimate of drug-likeness (QED) is 0.123. The number of rotatable bonds is 6. The number of nitrogens with zero attached hydrogens (tertiary/aromatic N) is 4. The van der Waals surface area contributed by atoms with E-state index in [9.17, 15) is 0 Å². The maximum Gasteiger partial charge on any atom is 0.268 e. The van der Waals surface area contributed by atoms with Gasteiger partial charge in [-0.1, -0.05) is 205 Å². The van der Waals surface area contributed by atoms with Gasteiger partial charge < -0.3 is 13.9 Å².